The number of furan rings is 1. The van der Waals surface area contributed by atoms with Gasteiger partial charge in [0.2, 0.25) is 0 Å². The third kappa shape index (κ3) is 3.08. The van der Waals surface area contributed by atoms with Gasteiger partial charge in [-0.1, -0.05) is 60.7 Å². The number of rotatable bonds is 3. The van der Waals surface area contributed by atoms with Crippen molar-refractivity contribution in [3.63, 3.8) is 0 Å². The normalized spacial score (nSPS) is 11.5. The van der Waals surface area contributed by atoms with E-state index in [1.807, 2.05) is 12.1 Å². The molecule has 6 rings (SSSR count). The zero-order valence-corrected chi connectivity index (χ0v) is 20.0. The molecule has 4 aromatic carbocycles. The molecule has 0 spiro atoms. The second-order valence-electron chi connectivity index (χ2n) is 9.16. The fourth-order valence-electron chi connectivity index (χ4n) is 5.25. The second-order valence-corrected chi connectivity index (χ2v) is 9.16. The van der Waals surface area contributed by atoms with Gasteiger partial charge in [0.05, 0.1) is 7.05 Å². The van der Waals surface area contributed by atoms with Gasteiger partial charge in [-0.05, 0) is 66.8 Å². The second kappa shape index (κ2) is 7.74. The largest absolute Gasteiger partial charge is 0.455 e. The molecule has 0 aliphatic carbocycles. The Labute approximate surface area is 199 Å². The van der Waals surface area contributed by atoms with Crippen LogP contribution in [0.5, 0.6) is 0 Å². The van der Waals surface area contributed by atoms with E-state index < -0.39 is 0 Å². The maximum atomic E-state index is 6.44. The minimum absolute atomic E-state index is 0.921. The van der Waals surface area contributed by atoms with Crippen molar-refractivity contribution >= 4 is 21.9 Å². The lowest BCUT2D eigenvalue weighted by Gasteiger charge is -2.13. The van der Waals surface area contributed by atoms with E-state index in [9.17, 15) is 0 Å². The third-order valence-corrected chi connectivity index (χ3v) is 6.82. The van der Waals surface area contributed by atoms with Crippen molar-refractivity contribution in [3.8, 4) is 28.2 Å². The van der Waals surface area contributed by atoms with Crippen LogP contribution in [0.15, 0.2) is 95.7 Å². The summed E-state index contributed by atoms with van der Waals surface area (Å²) in [6.45, 7) is 6.57. The Bertz CT molecular complexity index is 1660. The monoisotopic (exact) mass is 443 g/mol. The molecule has 0 bridgehead atoms. The molecule has 2 aromatic heterocycles. The van der Waals surface area contributed by atoms with Crippen molar-refractivity contribution in [3.05, 3.63) is 108 Å². The highest BCUT2D eigenvalue weighted by Crippen LogP contribution is 2.38. The summed E-state index contributed by atoms with van der Waals surface area (Å²) in [6.07, 6.45) is 4.29. The Hall–Kier alpha value is -4.11. The van der Waals surface area contributed by atoms with Gasteiger partial charge in [-0.3, -0.25) is 0 Å². The average Bonchev–Trinajstić information content (AvgIpc) is 3.40. The zero-order chi connectivity index (χ0) is 23.4. The number of fused-ring (bicyclic) bond motifs is 3. The molecule has 0 aliphatic rings. The number of aryl methyl sites for hydroxylation is 4. The molecule has 34 heavy (non-hydrogen) atoms. The molecule has 6 aromatic rings. The molecule has 0 N–H and O–H groups in total. The summed E-state index contributed by atoms with van der Waals surface area (Å²) in [6, 6.07) is 27.8. The quantitative estimate of drug-likeness (QED) is 0.260. The van der Waals surface area contributed by atoms with Crippen molar-refractivity contribution < 1.29 is 8.98 Å². The van der Waals surface area contributed by atoms with Crippen LogP contribution < -0.4 is 4.57 Å². The van der Waals surface area contributed by atoms with E-state index in [1.54, 1.807) is 0 Å². The number of nitrogens with zero attached hydrogens (tertiary/aromatic N) is 2. The number of hydrogen-bond acceptors (Lipinski definition) is 1. The van der Waals surface area contributed by atoms with E-state index in [4.69, 9.17) is 4.42 Å². The van der Waals surface area contributed by atoms with Gasteiger partial charge in [0, 0.05) is 10.8 Å². The highest BCUT2D eigenvalue weighted by Gasteiger charge is 2.27. The van der Waals surface area contributed by atoms with Gasteiger partial charge in [-0.25, -0.2) is 4.57 Å². The standard InChI is InChI=1S/C31H27N2O/c1-20-14-15-26-25-12-8-9-13-27(25)34-30(26)28(20)31-32(4)16-17-33(31)29-21(2)18-24(19-22(29)3)23-10-6-5-7-11-23/h5-19H,1-4H3/q+1. The van der Waals surface area contributed by atoms with E-state index in [-0.39, 0.29) is 0 Å². The van der Waals surface area contributed by atoms with Crippen LogP contribution in [0.4, 0.5) is 0 Å². The molecule has 166 valence electrons. The van der Waals surface area contributed by atoms with Crippen molar-refractivity contribution in [1.29, 1.82) is 0 Å². The van der Waals surface area contributed by atoms with E-state index in [1.165, 1.54) is 33.5 Å². The third-order valence-electron chi connectivity index (χ3n) is 6.82. The number of imidazole rings is 1. The minimum Gasteiger partial charge on any atom is -0.455 e. The molecule has 0 saturated carbocycles. The first kappa shape index (κ1) is 20.5. The Morgan fingerprint density at radius 3 is 2.18 bits per heavy atom. The van der Waals surface area contributed by atoms with Gasteiger partial charge in [0.1, 0.15) is 29.2 Å². The number of benzene rings is 4. The maximum absolute atomic E-state index is 6.44. The van der Waals surface area contributed by atoms with Crippen LogP contribution in [0, 0.1) is 20.8 Å². The lowest BCUT2D eigenvalue weighted by Crippen LogP contribution is -2.29. The Morgan fingerprint density at radius 1 is 0.706 bits per heavy atom. The van der Waals surface area contributed by atoms with Crippen molar-refractivity contribution in [2.75, 3.05) is 0 Å². The fourth-order valence-corrected chi connectivity index (χ4v) is 5.25. The SMILES string of the molecule is Cc1cc(-c2ccccc2)cc(C)c1-n1cc[n+](C)c1-c1c(C)ccc2c1oc1ccccc12. The summed E-state index contributed by atoms with van der Waals surface area (Å²) in [5.41, 5.74) is 10.4. The maximum Gasteiger partial charge on any atom is 0.297 e. The highest BCUT2D eigenvalue weighted by molar-refractivity contribution is 6.09. The summed E-state index contributed by atoms with van der Waals surface area (Å²) in [4.78, 5) is 0. The van der Waals surface area contributed by atoms with Gasteiger partial charge >= 0.3 is 0 Å². The molecule has 0 atom stereocenters. The molecule has 0 saturated heterocycles. The first-order valence-corrected chi connectivity index (χ1v) is 11.7. The topological polar surface area (TPSA) is 21.9 Å². The summed E-state index contributed by atoms with van der Waals surface area (Å²) < 4.78 is 11.0. The summed E-state index contributed by atoms with van der Waals surface area (Å²) in [5, 5.41) is 2.30. The summed E-state index contributed by atoms with van der Waals surface area (Å²) in [5.74, 6) is 1.11. The van der Waals surface area contributed by atoms with E-state index in [2.05, 4.69) is 116 Å². The van der Waals surface area contributed by atoms with Crippen molar-refractivity contribution in [2.45, 2.75) is 20.8 Å². The molecule has 0 fully saturated rings. The van der Waals surface area contributed by atoms with Crippen LogP contribution in [-0.2, 0) is 7.05 Å². The number of aromatic nitrogens is 2. The summed E-state index contributed by atoms with van der Waals surface area (Å²) in [7, 11) is 2.11. The van der Waals surface area contributed by atoms with Gasteiger partial charge < -0.3 is 4.42 Å². The molecule has 0 radical (unpaired) electrons. The van der Waals surface area contributed by atoms with Gasteiger partial charge in [-0.15, -0.1) is 0 Å². The lowest BCUT2D eigenvalue weighted by molar-refractivity contribution is -0.659. The zero-order valence-electron chi connectivity index (χ0n) is 20.0. The van der Waals surface area contributed by atoms with Gasteiger partial charge in [-0.2, -0.15) is 4.57 Å². The summed E-state index contributed by atoms with van der Waals surface area (Å²) >= 11 is 0. The van der Waals surface area contributed by atoms with Crippen LogP contribution in [0.25, 0.3) is 50.1 Å². The van der Waals surface area contributed by atoms with Crippen molar-refractivity contribution in [2.24, 2.45) is 7.05 Å². The first-order valence-electron chi connectivity index (χ1n) is 11.7. The Kier molecular flexibility index (Phi) is 4.66. The van der Waals surface area contributed by atoms with Crippen LogP contribution in [-0.4, -0.2) is 4.57 Å². The Morgan fingerprint density at radius 2 is 1.41 bits per heavy atom. The molecule has 2 heterocycles. The van der Waals surface area contributed by atoms with E-state index in [0.29, 0.717) is 0 Å². The number of hydrogen-bond donors (Lipinski definition) is 0. The van der Waals surface area contributed by atoms with Crippen LogP contribution in [0.3, 0.4) is 0 Å². The molecule has 0 unspecified atom stereocenters. The Balaban J connectivity index is 1.61. The molecule has 3 nitrogen and oxygen atoms in total. The fraction of sp³-hybridized carbons (Fsp3) is 0.129. The van der Waals surface area contributed by atoms with Crippen LogP contribution in [0.2, 0.25) is 0 Å². The predicted molar refractivity (Wildman–Crippen MR) is 139 cm³/mol. The van der Waals surface area contributed by atoms with Crippen LogP contribution >= 0.6 is 0 Å². The molecule has 0 aliphatic heterocycles. The highest BCUT2D eigenvalue weighted by atomic mass is 16.3. The smallest absolute Gasteiger partial charge is 0.297 e. The van der Waals surface area contributed by atoms with Gasteiger partial charge in [0.15, 0.2) is 5.58 Å². The average molecular weight is 444 g/mol. The lowest BCUT2D eigenvalue weighted by atomic mass is 9.98. The van der Waals surface area contributed by atoms with E-state index >= 15 is 0 Å². The molecular weight excluding hydrogens is 416 g/mol. The predicted octanol–water partition coefficient (Wildman–Crippen LogP) is 7.46. The molecule has 3 heteroatoms. The van der Waals surface area contributed by atoms with Crippen molar-refractivity contribution in [1.82, 2.24) is 4.57 Å². The van der Waals surface area contributed by atoms with E-state index in [0.717, 1.165) is 33.3 Å². The van der Waals surface area contributed by atoms with Crippen LogP contribution in [0.1, 0.15) is 16.7 Å². The number of para-hydroxylation sites is 1. The molecular formula is C31H27N2O+. The minimum atomic E-state index is 0.921. The van der Waals surface area contributed by atoms with Gasteiger partial charge in [0.25, 0.3) is 5.82 Å². The molecule has 0 amide bonds. The first-order chi connectivity index (χ1) is 16.5.